The largest absolute Gasteiger partial charge is 0.462 e. The molecule has 0 amide bonds. The molecule has 13 heavy (non-hydrogen) atoms. The normalized spacial score (nSPS) is 31.7. The van der Waals surface area contributed by atoms with Crippen molar-refractivity contribution in [1.82, 2.24) is 0 Å². The van der Waals surface area contributed by atoms with E-state index in [1.165, 1.54) is 0 Å². The van der Waals surface area contributed by atoms with Crippen molar-refractivity contribution in [3.8, 4) is 0 Å². The first-order chi connectivity index (χ1) is 6.09. The summed E-state index contributed by atoms with van der Waals surface area (Å²) >= 11 is 0. The quantitative estimate of drug-likeness (QED) is 0.623. The maximum atomic E-state index is 12.7. The van der Waals surface area contributed by atoms with Crippen LogP contribution in [0.5, 0.6) is 0 Å². The second-order valence-electron chi connectivity index (χ2n) is 3.84. The molecule has 2 rings (SSSR count). The van der Waals surface area contributed by atoms with Crippen LogP contribution in [-0.4, -0.2) is 18.0 Å². The van der Waals surface area contributed by atoms with E-state index in [1.54, 1.807) is 0 Å². The van der Waals surface area contributed by atoms with Gasteiger partial charge in [-0.1, -0.05) is 0 Å². The number of carbonyl (C=O) groups is 1. The zero-order chi connectivity index (χ0) is 9.47. The van der Waals surface area contributed by atoms with Crippen molar-refractivity contribution in [1.29, 1.82) is 0 Å². The molecule has 0 heterocycles. The van der Waals surface area contributed by atoms with Gasteiger partial charge in [-0.2, -0.15) is 0 Å². The van der Waals surface area contributed by atoms with Crippen LogP contribution in [0.25, 0.3) is 0 Å². The lowest BCUT2D eigenvalue weighted by Gasteiger charge is -2.36. The van der Waals surface area contributed by atoms with Gasteiger partial charge in [0, 0.05) is 6.42 Å². The van der Waals surface area contributed by atoms with Crippen molar-refractivity contribution in [2.45, 2.75) is 44.1 Å². The Kier molecular flexibility index (Phi) is 2.00. The highest BCUT2D eigenvalue weighted by Crippen LogP contribution is 2.44. The molecule has 2 saturated carbocycles. The molecular weight excluding hydrogens is 178 g/mol. The van der Waals surface area contributed by atoms with Gasteiger partial charge in [0.15, 0.2) is 0 Å². The van der Waals surface area contributed by atoms with Crippen LogP contribution in [0.3, 0.4) is 0 Å². The second kappa shape index (κ2) is 2.93. The van der Waals surface area contributed by atoms with Crippen LogP contribution in [0.4, 0.5) is 8.78 Å². The topological polar surface area (TPSA) is 26.3 Å². The van der Waals surface area contributed by atoms with Crippen molar-refractivity contribution in [2.75, 3.05) is 0 Å². The third-order valence-electron chi connectivity index (χ3n) is 2.90. The lowest BCUT2D eigenvalue weighted by Crippen LogP contribution is -2.46. The summed E-state index contributed by atoms with van der Waals surface area (Å²) < 4.78 is 30.4. The lowest BCUT2D eigenvalue weighted by atomic mass is 9.80. The van der Waals surface area contributed by atoms with E-state index in [0.29, 0.717) is 0 Å². The van der Waals surface area contributed by atoms with Crippen LogP contribution in [-0.2, 0) is 9.53 Å². The molecule has 74 valence electrons. The molecule has 0 aromatic heterocycles. The molecule has 0 radical (unpaired) electrons. The van der Waals surface area contributed by atoms with Gasteiger partial charge in [-0.25, -0.2) is 8.78 Å². The standard InChI is InChI=1S/C9H12F2O2/c10-9(11)5-4-7(9)8(12)13-6-2-1-3-6/h6-7H,1-5H2. The first kappa shape index (κ1) is 8.91. The summed E-state index contributed by atoms with van der Waals surface area (Å²) in [5.74, 6) is -4.66. The highest BCUT2D eigenvalue weighted by Gasteiger charge is 2.53. The van der Waals surface area contributed by atoms with E-state index >= 15 is 0 Å². The zero-order valence-corrected chi connectivity index (χ0v) is 7.26. The minimum absolute atomic E-state index is 0.0797. The van der Waals surface area contributed by atoms with Crippen molar-refractivity contribution >= 4 is 5.97 Å². The first-order valence-corrected chi connectivity index (χ1v) is 4.68. The van der Waals surface area contributed by atoms with E-state index in [2.05, 4.69) is 0 Å². The molecule has 2 nitrogen and oxygen atoms in total. The molecule has 1 unspecified atom stereocenters. The van der Waals surface area contributed by atoms with Crippen molar-refractivity contribution in [3.63, 3.8) is 0 Å². The number of hydrogen-bond donors (Lipinski definition) is 0. The fourth-order valence-corrected chi connectivity index (χ4v) is 1.53. The number of hydrogen-bond acceptors (Lipinski definition) is 2. The lowest BCUT2D eigenvalue weighted by molar-refractivity contribution is -0.191. The summed E-state index contributed by atoms with van der Waals surface area (Å²) in [5, 5.41) is 0. The fraction of sp³-hybridized carbons (Fsp3) is 0.889. The molecule has 2 fully saturated rings. The van der Waals surface area contributed by atoms with E-state index in [4.69, 9.17) is 4.74 Å². The zero-order valence-electron chi connectivity index (χ0n) is 7.26. The van der Waals surface area contributed by atoms with Crippen LogP contribution in [0.1, 0.15) is 32.1 Å². The van der Waals surface area contributed by atoms with Gasteiger partial charge in [-0.15, -0.1) is 0 Å². The van der Waals surface area contributed by atoms with Crippen LogP contribution >= 0.6 is 0 Å². The van der Waals surface area contributed by atoms with Crippen LogP contribution in [0.2, 0.25) is 0 Å². The third kappa shape index (κ3) is 1.54. The maximum Gasteiger partial charge on any atom is 0.315 e. The van der Waals surface area contributed by atoms with Crippen molar-refractivity contribution in [3.05, 3.63) is 0 Å². The Balaban J connectivity index is 1.83. The Morgan fingerprint density at radius 2 is 2.00 bits per heavy atom. The number of halogens is 2. The highest BCUT2D eigenvalue weighted by atomic mass is 19.3. The minimum Gasteiger partial charge on any atom is -0.462 e. The smallest absolute Gasteiger partial charge is 0.315 e. The average molecular weight is 190 g/mol. The number of rotatable bonds is 2. The van der Waals surface area contributed by atoms with Gasteiger partial charge in [0.2, 0.25) is 0 Å². The average Bonchev–Trinajstić information content (AvgIpc) is 1.95. The predicted molar refractivity (Wildman–Crippen MR) is 41.4 cm³/mol. The molecule has 2 aliphatic carbocycles. The molecular formula is C9H12F2O2. The minimum atomic E-state index is -2.80. The second-order valence-corrected chi connectivity index (χ2v) is 3.84. The Morgan fingerprint density at radius 3 is 2.31 bits per heavy atom. The van der Waals surface area contributed by atoms with Gasteiger partial charge in [-0.3, -0.25) is 4.79 Å². The fourth-order valence-electron chi connectivity index (χ4n) is 1.53. The Labute approximate surface area is 75.3 Å². The summed E-state index contributed by atoms with van der Waals surface area (Å²) in [6.07, 6.45) is 2.74. The monoisotopic (exact) mass is 190 g/mol. The predicted octanol–water partition coefficient (Wildman–Crippen LogP) is 2.13. The molecule has 0 aliphatic heterocycles. The highest BCUT2D eigenvalue weighted by molar-refractivity contribution is 5.75. The van der Waals surface area contributed by atoms with Gasteiger partial charge in [0.05, 0.1) is 0 Å². The van der Waals surface area contributed by atoms with E-state index < -0.39 is 17.8 Å². The Bertz CT molecular complexity index is 224. The van der Waals surface area contributed by atoms with Crippen LogP contribution < -0.4 is 0 Å². The number of ether oxygens (including phenoxy) is 1. The Morgan fingerprint density at radius 1 is 1.31 bits per heavy atom. The SMILES string of the molecule is O=C(OC1CCC1)C1CCC1(F)F. The molecule has 1 atom stereocenters. The van der Waals surface area contributed by atoms with Crippen LogP contribution in [0, 0.1) is 5.92 Å². The van der Waals surface area contributed by atoms with Crippen molar-refractivity contribution in [2.24, 2.45) is 5.92 Å². The molecule has 0 N–H and O–H groups in total. The molecule has 0 aromatic carbocycles. The summed E-state index contributed by atoms with van der Waals surface area (Å²) in [6.45, 7) is 0. The van der Waals surface area contributed by atoms with E-state index in [-0.39, 0.29) is 18.9 Å². The summed E-state index contributed by atoms with van der Waals surface area (Å²) in [5.41, 5.74) is 0. The van der Waals surface area contributed by atoms with Gasteiger partial charge in [0.1, 0.15) is 12.0 Å². The number of alkyl halides is 2. The van der Waals surface area contributed by atoms with Gasteiger partial charge in [-0.05, 0) is 25.7 Å². The Hall–Kier alpha value is -0.670. The van der Waals surface area contributed by atoms with E-state index in [1.807, 2.05) is 0 Å². The summed E-state index contributed by atoms with van der Waals surface area (Å²) in [6, 6.07) is 0. The van der Waals surface area contributed by atoms with Gasteiger partial charge >= 0.3 is 5.97 Å². The number of esters is 1. The van der Waals surface area contributed by atoms with Gasteiger partial charge < -0.3 is 4.74 Å². The summed E-state index contributed by atoms with van der Waals surface area (Å²) in [4.78, 5) is 11.1. The maximum absolute atomic E-state index is 12.7. The van der Waals surface area contributed by atoms with E-state index in [0.717, 1.165) is 19.3 Å². The molecule has 2 aliphatic rings. The van der Waals surface area contributed by atoms with Gasteiger partial charge in [0.25, 0.3) is 5.92 Å². The van der Waals surface area contributed by atoms with Crippen LogP contribution in [0.15, 0.2) is 0 Å². The molecule has 4 heteroatoms. The van der Waals surface area contributed by atoms with E-state index in [9.17, 15) is 13.6 Å². The number of carbonyl (C=O) groups excluding carboxylic acids is 1. The van der Waals surface area contributed by atoms with Crippen molar-refractivity contribution < 1.29 is 18.3 Å². The third-order valence-corrected chi connectivity index (χ3v) is 2.90. The molecule has 0 spiro atoms. The molecule has 0 saturated heterocycles. The summed E-state index contributed by atoms with van der Waals surface area (Å²) in [7, 11) is 0. The molecule has 0 aromatic rings. The first-order valence-electron chi connectivity index (χ1n) is 4.68. The molecule has 0 bridgehead atoms.